The van der Waals surface area contributed by atoms with Gasteiger partial charge in [-0.25, -0.2) is 4.79 Å². The van der Waals surface area contributed by atoms with Gasteiger partial charge in [0.1, 0.15) is 0 Å². The number of ether oxygens (including phenoxy) is 2. The van der Waals surface area contributed by atoms with Crippen molar-refractivity contribution < 1.29 is 37.3 Å². The van der Waals surface area contributed by atoms with Crippen LogP contribution in [0.25, 0.3) is 0 Å². The number of carboxylic acid groups (broad SMARTS) is 1. The average molecular weight is 485 g/mol. The molecule has 4 rings (SSSR count). The number of hydrogen-bond donors (Lipinski definition) is 1. The van der Waals surface area contributed by atoms with E-state index in [2.05, 4.69) is 15.2 Å². The van der Waals surface area contributed by atoms with E-state index in [1.54, 1.807) is 12.1 Å². The smallest absolute Gasteiger partial charge is 0.475 e. The number of piperidine rings is 1. The van der Waals surface area contributed by atoms with Crippen molar-refractivity contribution in [3.8, 4) is 11.5 Å². The van der Waals surface area contributed by atoms with E-state index in [0.717, 1.165) is 44.7 Å². The molecule has 13 heteroatoms. The number of likely N-dealkylation sites (tertiary alicyclic amines) is 1. The molecule has 1 aromatic carbocycles. The second-order valence-electron chi connectivity index (χ2n) is 8.28. The maximum atomic E-state index is 12.8. The number of aliphatic carboxylic acids is 1. The highest BCUT2D eigenvalue weighted by atomic mass is 19.4. The van der Waals surface area contributed by atoms with Crippen molar-refractivity contribution in [1.82, 2.24) is 24.8 Å². The second kappa shape index (κ2) is 10.7. The highest BCUT2D eigenvalue weighted by Crippen LogP contribution is 2.33. The lowest BCUT2D eigenvalue weighted by Crippen LogP contribution is -2.39. The first-order valence-corrected chi connectivity index (χ1v) is 10.6. The number of amides is 1. The molecule has 0 radical (unpaired) electrons. The highest BCUT2D eigenvalue weighted by Gasteiger charge is 2.38. The van der Waals surface area contributed by atoms with Crippen molar-refractivity contribution >= 4 is 11.9 Å². The largest absolute Gasteiger partial charge is 0.490 e. The van der Waals surface area contributed by atoms with Crippen molar-refractivity contribution in [2.75, 3.05) is 34.0 Å². The van der Waals surface area contributed by atoms with Gasteiger partial charge < -0.3 is 24.4 Å². The van der Waals surface area contributed by atoms with Gasteiger partial charge >= 0.3 is 12.1 Å². The van der Waals surface area contributed by atoms with Gasteiger partial charge in [-0.15, -0.1) is 5.10 Å². The molecule has 2 aliphatic rings. The van der Waals surface area contributed by atoms with Crippen LogP contribution in [0.5, 0.6) is 11.5 Å². The molecule has 1 fully saturated rings. The lowest BCUT2D eigenvalue weighted by molar-refractivity contribution is -0.192. The van der Waals surface area contributed by atoms with Crippen LogP contribution in [0.15, 0.2) is 24.4 Å². The Morgan fingerprint density at radius 3 is 2.44 bits per heavy atom. The molecule has 1 N–H and O–H groups in total. The van der Waals surface area contributed by atoms with Crippen molar-refractivity contribution in [3.05, 3.63) is 35.7 Å². The van der Waals surface area contributed by atoms with E-state index in [9.17, 15) is 18.0 Å². The van der Waals surface area contributed by atoms with Crippen LogP contribution in [0.1, 0.15) is 28.9 Å². The van der Waals surface area contributed by atoms with E-state index in [1.165, 1.54) is 0 Å². The highest BCUT2D eigenvalue weighted by molar-refractivity contribution is 5.95. The van der Waals surface area contributed by atoms with Gasteiger partial charge in [-0.3, -0.25) is 9.48 Å². The van der Waals surface area contributed by atoms with Crippen molar-refractivity contribution in [1.29, 1.82) is 0 Å². The SMILES string of the molecule is CN(C)Cc1cn(CC2CCN(C(=O)c3ccc4c(c3)OCO4)CC2)nn1.O=C(O)C(F)(F)F. The van der Waals surface area contributed by atoms with E-state index < -0.39 is 12.1 Å². The maximum Gasteiger partial charge on any atom is 0.490 e. The number of carbonyl (C=O) groups is 2. The minimum absolute atomic E-state index is 0.0563. The molecular formula is C21H26F3N5O5. The number of halogens is 3. The van der Waals surface area contributed by atoms with Gasteiger partial charge in [0, 0.05) is 37.9 Å². The average Bonchev–Trinajstić information content (AvgIpc) is 3.41. The zero-order valence-corrected chi connectivity index (χ0v) is 18.8. The fourth-order valence-electron chi connectivity index (χ4n) is 3.62. The molecule has 2 aliphatic heterocycles. The van der Waals surface area contributed by atoms with Gasteiger partial charge in [0.2, 0.25) is 6.79 Å². The normalized spacial score (nSPS) is 15.8. The summed E-state index contributed by atoms with van der Waals surface area (Å²) in [5.74, 6) is -0.838. The molecule has 10 nitrogen and oxygen atoms in total. The van der Waals surface area contributed by atoms with Gasteiger partial charge in [0.15, 0.2) is 11.5 Å². The van der Waals surface area contributed by atoms with Crippen LogP contribution in [0.4, 0.5) is 13.2 Å². The Bertz CT molecular complexity index is 1000. The molecule has 1 saturated heterocycles. The Kier molecular flexibility index (Phi) is 7.97. The molecule has 0 atom stereocenters. The summed E-state index contributed by atoms with van der Waals surface area (Å²) in [5.41, 5.74) is 1.64. The number of fused-ring (bicyclic) bond motifs is 1. The molecule has 34 heavy (non-hydrogen) atoms. The quantitative estimate of drug-likeness (QED) is 0.687. The summed E-state index contributed by atoms with van der Waals surface area (Å²) < 4.78 is 44.3. The lowest BCUT2D eigenvalue weighted by atomic mass is 9.96. The number of carboxylic acids is 1. The standard InChI is InChI=1S/C19H25N5O3.C2HF3O2/c1-22(2)11-16-12-24(21-20-16)10-14-5-7-23(8-6-14)19(25)15-3-4-17-18(9-15)27-13-26-17;3-2(4,5)1(6)7/h3-4,9,12,14H,5-8,10-11,13H2,1-2H3;(H,6,7). The van der Waals surface area contributed by atoms with Crippen LogP contribution in [0.2, 0.25) is 0 Å². The van der Waals surface area contributed by atoms with E-state index in [4.69, 9.17) is 19.4 Å². The number of hydrogen-bond acceptors (Lipinski definition) is 7. The predicted molar refractivity (Wildman–Crippen MR) is 112 cm³/mol. The third-order valence-electron chi connectivity index (χ3n) is 5.27. The molecule has 1 amide bonds. The van der Waals surface area contributed by atoms with Gasteiger partial charge in [-0.2, -0.15) is 13.2 Å². The summed E-state index contributed by atoms with van der Waals surface area (Å²) in [4.78, 5) is 25.7. The number of aromatic nitrogens is 3. The first kappa shape index (κ1) is 25.3. The third-order valence-corrected chi connectivity index (χ3v) is 5.27. The first-order chi connectivity index (χ1) is 16.0. The zero-order chi connectivity index (χ0) is 24.9. The third kappa shape index (κ3) is 6.83. The molecular weight excluding hydrogens is 459 g/mol. The Balaban J connectivity index is 0.000000406. The van der Waals surface area contributed by atoms with Crippen LogP contribution < -0.4 is 9.47 Å². The van der Waals surface area contributed by atoms with Crippen molar-refractivity contribution in [2.45, 2.75) is 32.1 Å². The Morgan fingerprint density at radius 2 is 1.82 bits per heavy atom. The van der Waals surface area contributed by atoms with Crippen LogP contribution in [0, 0.1) is 5.92 Å². The van der Waals surface area contributed by atoms with E-state index in [1.807, 2.05) is 35.9 Å². The predicted octanol–water partition coefficient (Wildman–Crippen LogP) is 2.25. The maximum absolute atomic E-state index is 12.8. The molecule has 0 saturated carbocycles. The Hall–Kier alpha value is -3.35. The molecule has 0 bridgehead atoms. The van der Waals surface area contributed by atoms with Gasteiger partial charge in [0.05, 0.1) is 5.69 Å². The number of alkyl halides is 3. The van der Waals surface area contributed by atoms with Crippen molar-refractivity contribution in [2.24, 2.45) is 5.92 Å². The number of rotatable bonds is 5. The fourth-order valence-corrected chi connectivity index (χ4v) is 3.62. The zero-order valence-electron chi connectivity index (χ0n) is 18.8. The molecule has 1 aromatic heterocycles. The van der Waals surface area contributed by atoms with Gasteiger partial charge in [0.25, 0.3) is 5.91 Å². The summed E-state index contributed by atoms with van der Waals surface area (Å²) in [7, 11) is 4.04. The molecule has 2 aromatic rings. The van der Waals surface area contributed by atoms with Crippen molar-refractivity contribution in [3.63, 3.8) is 0 Å². The molecule has 186 valence electrons. The lowest BCUT2D eigenvalue weighted by Gasteiger charge is -2.32. The first-order valence-electron chi connectivity index (χ1n) is 10.6. The number of benzene rings is 1. The summed E-state index contributed by atoms with van der Waals surface area (Å²) in [6.45, 7) is 3.39. The summed E-state index contributed by atoms with van der Waals surface area (Å²) in [5, 5.41) is 15.6. The molecule has 0 unspecified atom stereocenters. The van der Waals surface area contributed by atoms with Crippen LogP contribution in [-0.2, 0) is 17.9 Å². The minimum Gasteiger partial charge on any atom is -0.475 e. The Morgan fingerprint density at radius 1 is 1.18 bits per heavy atom. The summed E-state index contributed by atoms with van der Waals surface area (Å²) in [6.07, 6.45) is -1.12. The van der Waals surface area contributed by atoms with Crippen LogP contribution >= 0.6 is 0 Å². The number of carbonyl (C=O) groups excluding carboxylic acids is 1. The fraction of sp³-hybridized carbons (Fsp3) is 0.524. The monoisotopic (exact) mass is 485 g/mol. The van der Waals surface area contributed by atoms with Crippen LogP contribution in [-0.4, -0.2) is 81.9 Å². The van der Waals surface area contributed by atoms with E-state index >= 15 is 0 Å². The molecule has 0 spiro atoms. The van der Waals surface area contributed by atoms with E-state index in [0.29, 0.717) is 23.0 Å². The topological polar surface area (TPSA) is 110 Å². The second-order valence-corrected chi connectivity index (χ2v) is 8.28. The number of nitrogens with zero attached hydrogens (tertiary/aromatic N) is 5. The summed E-state index contributed by atoms with van der Waals surface area (Å²) >= 11 is 0. The van der Waals surface area contributed by atoms with Gasteiger partial charge in [-0.1, -0.05) is 5.21 Å². The summed E-state index contributed by atoms with van der Waals surface area (Å²) in [6, 6.07) is 5.39. The Labute approximate surface area is 193 Å². The minimum atomic E-state index is -5.08. The molecule has 0 aliphatic carbocycles. The van der Waals surface area contributed by atoms with E-state index in [-0.39, 0.29) is 12.7 Å². The van der Waals surface area contributed by atoms with Gasteiger partial charge in [-0.05, 0) is 51.1 Å². The molecule has 3 heterocycles. The van der Waals surface area contributed by atoms with Crippen LogP contribution in [0.3, 0.4) is 0 Å².